The van der Waals surface area contributed by atoms with Crippen molar-refractivity contribution < 1.29 is 9.53 Å². The van der Waals surface area contributed by atoms with Crippen LogP contribution < -0.4 is 0 Å². The lowest BCUT2D eigenvalue weighted by atomic mass is 9.86. The molecule has 0 fully saturated rings. The molecule has 0 N–H and O–H groups in total. The van der Waals surface area contributed by atoms with Crippen molar-refractivity contribution in [3.8, 4) is 0 Å². The Morgan fingerprint density at radius 3 is 2.53 bits per heavy atom. The molecule has 0 saturated heterocycles. The molecule has 0 aliphatic heterocycles. The molecule has 1 aliphatic carbocycles. The van der Waals surface area contributed by atoms with Gasteiger partial charge in [-0.25, -0.2) is 0 Å². The van der Waals surface area contributed by atoms with Gasteiger partial charge in [0.1, 0.15) is 5.41 Å². The van der Waals surface area contributed by atoms with Gasteiger partial charge >= 0.3 is 5.97 Å². The first kappa shape index (κ1) is 12.2. The number of methoxy groups -OCH3 is 1. The van der Waals surface area contributed by atoms with E-state index in [0.717, 1.165) is 6.42 Å². The maximum Gasteiger partial charge on any atom is 0.319 e. The second-order valence-electron chi connectivity index (χ2n) is 5.20. The zero-order valence-corrected chi connectivity index (χ0v) is 11.3. The van der Waals surface area contributed by atoms with Crippen LogP contribution >= 0.6 is 0 Å². The molecule has 84 valence electrons. The number of ether oxygens (including phenoxy) is 1. The predicted octanol–water partition coefficient (Wildman–Crippen LogP) is 2.93. The molecule has 1 rings (SSSR count). The van der Waals surface area contributed by atoms with Crippen LogP contribution in [0.3, 0.4) is 0 Å². The minimum Gasteiger partial charge on any atom is -0.468 e. The Labute approximate surface area is 93.0 Å². The lowest BCUT2D eigenvalue weighted by Crippen LogP contribution is -2.41. The van der Waals surface area contributed by atoms with Crippen LogP contribution in [0.1, 0.15) is 13.3 Å². The molecule has 0 aromatic heterocycles. The number of hydrogen-bond donors (Lipinski definition) is 0. The largest absolute Gasteiger partial charge is 0.468 e. The van der Waals surface area contributed by atoms with Crippen LogP contribution in [0.4, 0.5) is 0 Å². The summed E-state index contributed by atoms with van der Waals surface area (Å²) in [7, 11) is -0.00559. The Balaban J connectivity index is 3.15. The molecular formula is C12H20O2Si. The fourth-order valence-electron chi connectivity index (χ4n) is 2.27. The van der Waals surface area contributed by atoms with E-state index < -0.39 is 13.5 Å². The zero-order chi connectivity index (χ0) is 11.7. The van der Waals surface area contributed by atoms with E-state index in [0.29, 0.717) is 0 Å². The van der Waals surface area contributed by atoms with Crippen LogP contribution in [-0.2, 0) is 9.53 Å². The van der Waals surface area contributed by atoms with E-state index in [-0.39, 0.29) is 5.97 Å². The van der Waals surface area contributed by atoms with Crippen molar-refractivity contribution in [1.82, 2.24) is 0 Å². The zero-order valence-electron chi connectivity index (χ0n) is 10.3. The van der Waals surface area contributed by atoms with Gasteiger partial charge in [0.25, 0.3) is 0 Å². The molecule has 0 spiro atoms. The Morgan fingerprint density at radius 1 is 1.47 bits per heavy atom. The monoisotopic (exact) mass is 224 g/mol. The van der Waals surface area contributed by atoms with Crippen LogP contribution in [0.25, 0.3) is 0 Å². The molecule has 0 aromatic rings. The topological polar surface area (TPSA) is 26.3 Å². The summed E-state index contributed by atoms with van der Waals surface area (Å²) in [4.78, 5) is 11.9. The molecule has 3 heteroatoms. The van der Waals surface area contributed by atoms with Crippen LogP contribution in [0, 0.1) is 5.41 Å². The molecule has 1 atom stereocenters. The molecule has 1 unspecified atom stereocenters. The first-order valence-corrected chi connectivity index (χ1v) is 8.79. The van der Waals surface area contributed by atoms with E-state index >= 15 is 0 Å². The summed E-state index contributed by atoms with van der Waals surface area (Å²) in [6.07, 6.45) is 7.17. The summed E-state index contributed by atoms with van der Waals surface area (Å²) in [6.45, 7) is 8.75. The summed E-state index contributed by atoms with van der Waals surface area (Å²) in [5.74, 6) is -0.146. The minimum absolute atomic E-state index is 0.146. The fourth-order valence-corrected chi connectivity index (χ4v) is 4.74. The van der Waals surface area contributed by atoms with E-state index in [2.05, 4.69) is 25.7 Å². The normalized spacial score (nSPS) is 26.1. The fraction of sp³-hybridized carbons (Fsp3) is 0.583. The highest BCUT2D eigenvalue weighted by molar-refractivity contribution is 6.83. The van der Waals surface area contributed by atoms with Crippen molar-refractivity contribution in [1.29, 1.82) is 0 Å². The summed E-state index contributed by atoms with van der Waals surface area (Å²) in [5, 5.41) is 1.28. The average Bonchev–Trinajstić information content (AvgIpc) is 2.15. The maximum atomic E-state index is 11.9. The molecule has 2 nitrogen and oxygen atoms in total. The highest BCUT2D eigenvalue weighted by atomic mass is 28.3. The summed E-state index contributed by atoms with van der Waals surface area (Å²) in [6, 6.07) is 0. The maximum absolute atomic E-state index is 11.9. The molecule has 0 saturated carbocycles. The smallest absolute Gasteiger partial charge is 0.319 e. The average molecular weight is 224 g/mol. The van der Waals surface area contributed by atoms with Crippen molar-refractivity contribution in [3.05, 3.63) is 23.4 Å². The molecule has 0 heterocycles. The van der Waals surface area contributed by atoms with Crippen LogP contribution in [0.5, 0.6) is 0 Å². The number of allylic oxidation sites excluding steroid dienone is 2. The van der Waals surface area contributed by atoms with Crippen molar-refractivity contribution in [2.24, 2.45) is 5.41 Å². The number of esters is 1. The summed E-state index contributed by atoms with van der Waals surface area (Å²) in [5.41, 5.74) is -0.530. The first-order valence-electron chi connectivity index (χ1n) is 5.29. The number of rotatable bonds is 2. The highest BCUT2D eigenvalue weighted by Gasteiger charge is 2.42. The SMILES string of the molecule is COC(=O)C1(C)C=CCC=C1[Si](C)(C)C. The van der Waals surface area contributed by atoms with E-state index in [1.165, 1.54) is 12.3 Å². The van der Waals surface area contributed by atoms with Gasteiger partial charge in [-0.2, -0.15) is 0 Å². The molecule has 15 heavy (non-hydrogen) atoms. The molecular weight excluding hydrogens is 204 g/mol. The quantitative estimate of drug-likeness (QED) is 0.409. The summed E-state index contributed by atoms with van der Waals surface area (Å²) < 4.78 is 4.91. The Morgan fingerprint density at radius 2 is 2.07 bits per heavy atom. The number of carbonyl (C=O) groups is 1. The third-order valence-corrected chi connectivity index (χ3v) is 5.23. The highest BCUT2D eigenvalue weighted by Crippen LogP contribution is 2.39. The van der Waals surface area contributed by atoms with Crippen molar-refractivity contribution >= 4 is 14.0 Å². The van der Waals surface area contributed by atoms with Crippen molar-refractivity contribution in [3.63, 3.8) is 0 Å². The first-order chi connectivity index (χ1) is 6.82. The predicted molar refractivity (Wildman–Crippen MR) is 65.3 cm³/mol. The van der Waals surface area contributed by atoms with Gasteiger partial charge in [-0.1, -0.05) is 43.1 Å². The van der Waals surface area contributed by atoms with Gasteiger partial charge in [0.15, 0.2) is 0 Å². The Hall–Kier alpha value is -0.833. The van der Waals surface area contributed by atoms with Gasteiger partial charge < -0.3 is 4.74 Å². The molecule has 0 amide bonds. The number of hydrogen-bond acceptors (Lipinski definition) is 2. The molecule has 0 radical (unpaired) electrons. The standard InChI is InChI=1S/C12H20O2Si/c1-12(11(13)14-2)9-7-6-8-10(12)15(3,4)5/h7-9H,6H2,1-5H3. The van der Waals surface area contributed by atoms with Gasteiger partial charge in [0, 0.05) is 0 Å². The van der Waals surface area contributed by atoms with E-state index in [4.69, 9.17) is 4.74 Å². The second-order valence-corrected chi connectivity index (χ2v) is 10.2. The second kappa shape index (κ2) is 3.97. The van der Waals surface area contributed by atoms with Crippen LogP contribution in [0.15, 0.2) is 23.4 Å². The lowest BCUT2D eigenvalue weighted by Gasteiger charge is -2.36. The van der Waals surface area contributed by atoms with Crippen molar-refractivity contribution in [2.45, 2.75) is 33.0 Å². The van der Waals surface area contributed by atoms with Gasteiger partial charge in [-0.3, -0.25) is 4.79 Å². The number of carbonyl (C=O) groups excluding carboxylic acids is 1. The van der Waals surface area contributed by atoms with E-state index in [1.807, 2.05) is 19.1 Å². The molecule has 1 aliphatic rings. The lowest BCUT2D eigenvalue weighted by molar-refractivity contribution is -0.146. The minimum atomic E-state index is -1.46. The van der Waals surface area contributed by atoms with Crippen LogP contribution in [0.2, 0.25) is 19.6 Å². The summed E-state index contributed by atoms with van der Waals surface area (Å²) >= 11 is 0. The Kier molecular flexibility index (Phi) is 3.24. The Bertz CT molecular complexity index is 323. The molecule has 0 aromatic carbocycles. The van der Waals surface area contributed by atoms with E-state index in [9.17, 15) is 4.79 Å². The third kappa shape index (κ3) is 2.22. The third-order valence-electron chi connectivity index (χ3n) is 2.89. The van der Waals surface area contributed by atoms with Crippen LogP contribution in [-0.4, -0.2) is 21.2 Å². The van der Waals surface area contributed by atoms with Gasteiger partial charge in [0.05, 0.1) is 15.2 Å². The van der Waals surface area contributed by atoms with Gasteiger partial charge in [-0.15, -0.1) is 0 Å². The molecule has 0 bridgehead atoms. The van der Waals surface area contributed by atoms with Gasteiger partial charge in [0.2, 0.25) is 0 Å². The van der Waals surface area contributed by atoms with E-state index in [1.54, 1.807) is 0 Å². The van der Waals surface area contributed by atoms with Crippen molar-refractivity contribution in [2.75, 3.05) is 7.11 Å². The van der Waals surface area contributed by atoms with Gasteiger partial charge in [-0.05, 0) is 13.3 Å².